The first-order valence-corrected chi connectivity index (χ1v) is 6.28. The van der Waals surface area contributed by atoms with Crippen LogP contribution in [0.25, 0.3) is 11.1 Å². The van der Waals surface area contributed by atoms with Gasteiger partial charge < -0.3 is 0 Å². The largest absolute Gasteiger partial charge is 0.296 e. The molecule has 4 nitrogen and oxygen atoms in total. The summed E-state index contributed by atoms with van der Waals surface area (Å²) in [5, 5.41) is 10.1. The lowest BCUT2D eigenvalue weighted by Crippen LogP contribution is -2.18. The molecule has 0 fully saturated rings. The van der Waals surface area contributed by atoms with Gasteiger partial charge in [0.2, 0.25) is 0 Å². The van der Waals surface area contributed by atoms with Crippen LogP contribution in [0.3, 0.4) is 0 Å². The molecule has 1 aliphatic rings. The molecule has 0 aliphatic carbocycles. The van der Waals surface area contributed by atoms with E-state index in [1.165, 1.54) is 5.56 Å². The topological polar surface area (TPSA) is 53.4 Å². The minimum absolute atomic E-state index is 0.211. The predicted molar refractivity (Wildman–Crippen MR) is 70.7 cm³/mol. The third-order valence-electron chi connectivity index (χ3n) is 3.39. The van der Waals surface area contributed by atoms with Crippen molar-refractivity contribution in [1.82, 2.24) is 10.0 Å². The van der Waals surface area contributed by atoms with Crippen molar-refractivity contribution in [3.63, 3.8) is 0 Å². The number of hydrogen-bond donors (Lipinski definition) is 1. The second-order valence-corrected chi connectivity index (χ2v) is 4.65. The van der Waals surface area contributed by atoms with E-state index in [0.29, 0.717) is 10.8 Å². The highest BCUT2D eigenvalue weighted by molar-refractivity contribution is 5.96. The third kappa shape index (κ3) is 2.00. The van der Waals surface area contributed by atoms with Crippen LogP contribution in [-0.4, -0.2) is 21.2 Å². The number of carbonyl (C=O) groups excluding carboxylic acids is 1. The van der Waals surface area contributed by atoms with E-state index in [1.807, 2.05) is 18.2 Å². The molecule has 1 aliphatic heterocycles. The van der Waals surface area contributed by atoms with Crippen molar-refractivity contribution in [3.8, 4) is 11.1 Å². The van der Waals surface area contributed by atoms with Crippen molar-refractivity contribution >= 4 is 5.91 Å². The van der Waals surface area contributed by atoms with Gasteiger partial charge in [-0.05, 0) is 23.6 Å². The molecule has 1 aromatic heterocycles. The lowest BCUT2D eigenvalue weighted by Gasteiger charge is -2.05. The molecule has 1 N–H and O–H groups in total. The summed E-state index contributed by atoms with van der Waals surface area (Å²) < 4.78 is 0. The summed E-state index contributed by atoms with van der Waals surface area (Å²) in [6, 6.07) is 10.2. The van der Waals surface area contributed by atoms with E-state index in [-0.39, 0.29) is 6.54 Å². The maximum atomic E-state index is 11.6. The highest BCUT2D eigenvalue weighted by atomic mass is 16.5. The molecule has 3 rings (SSSR count). The van der Waals surface area contributed by atoms with E-state index in [4.69, 9.17) is 0 Å². The van der Waals surface area contributed by atoms with E-state index in [0.717, 1.165) is 23.1 Å². The number of nitrogens with zero attached hydrogens (tertiary/aromatic N) is 2. The van der Waals surface area contributed by atoms with Gasteiger partial charge in [-0.1, -0.05) is 31.2 Å². The SMILES string of the molecule is CCc1cccc(-c2cnc3c(c2)CN(O)C3=O)c1. The average molecular weight is 254 g/mol. The number of pyridine rings is 1. The minimum Gasteiger partial charge on any atom is -0.285 e. The standard InChI is InChI=1S/C15H14N2O2/c1-2-10-4-3-5-11(6-10)12-7-13-9-17(19)15(18)14(13)16-8-12/h3-8,19H,2,9H2,1H3. The molecule has 1 amide bonds. The van der Waals surface area contributed by atoms with Gasteiger partial charge in [0.15, 0.2) is 0 Å². The van der Waals surface area contributed by atoms with Crippen molar-refractivity contribution in [3.05, 3.63) is 53.3 Å². The number of rotatable bonds is 2. The summed E-state index contributed by atoms with van der Waals surface area (Å²) in [5.74, 6) is -0.427. The van der Waals surface area contributed by atoms with E-state index in [2.05, 4.69) is 24.0 Å². The molecular formula is C15H14N2O2. The van der Waals surface area contributed by atoms with E-state index >= 15 is 0 Å². The first-order valence-electron chi connectivity index (χ1n) is 6.28. The van der Waals surface area contributed by atoms with Gasteiger partial charge in [-0.2, -0.15) is 0 Å². The number of fused-ring (bicyclic) bond motifs is 1. The quantitative estimate of drug-likeness (QED) is 0.838. The van der Waals surface area contributed by atoms with Crippen LogP contribution < -0.4 is 0 Å². The Morgan fingerprint density at radius 2 is 2.16 bits per heavy atom. The highest BCUT2D eigenvalue weighted by Gasteiger charge is 2.27. The Bertz CT molecular complexity index is 652. The summed E-state index contributed by atoms with van der Waals surface area (Å²) in [5.41, 5.74) is 4.43. The first-order chi connectivity index (χ1) is 9.19. The number of hydroxylamine groups is 2. The van der Waals surface area contributed by atoms with Gasteiger partial charge in [-0.25, -0.2) is 10.0 Å². The molecule has 0 saturated heterocycles. The normalized spacial score (nSPS) is 13.8. The Kier molecular flexibility index (Phi) is 2.80. The lowest BCUT2D eigenvalue weighted by molar-refractivity contribution is -0.0580. The number of carbonyl (C=O) groups is 1. The van der Waals surface area contributed by atoms with Gasteiger partial charge >= 0.3 is 0 Å². The highest BCUT2D eigenvalue weighted by Crippen LogP contribution is 2.26. The number of aryl methyl sites for hydroxylation is 1. The summed E-state index contributed by atoms with van der Waals surface area (Å²) >= 11 is 0. The molecule has 0 unspecified atom stereocenters. The van der Waals surface area contributed by atoms with Crippen LogP contribution >= 0.6 is 0 Å². The van der Waals surface area contributed by atoms with Gasteiger partial charge in [-0.3, -0.25) is 10.0 Å². The fourth-order valence-corrected chi connectivity index (χ4v) is 2.31. The number of hydrogen-bond acceptors (Lipinski definition) is 3. The van der Waals surface area contributed by atoms with Crippen LogP contribution in [0.1, 0.15) is 28.5 Å². The lowest BCUT2D eigenvalue weighted by atomic mass is 10.0. The maximum absolute atomic E-state index is 11.6. The Labute approximate surface area is 111 Å². The second-order valence-electron chi connectivity index (χ2n) is 4.65. The molecule has 96 valence electrons. The van der Waals surface area contributed by atoms with Crippen LogP contribution in [0.2, 0.25) is 0 Å². The molecule has 2 heterocycles. The van der Waals surface area contributed by atoms with Crippen LogP contribution in [-0.2, 0) is 13.0 Å². The fourth-order valence-electron chi connectivity index (χ4n) is 2.31. The van der Waals surface area contributed by atoms with Gasteiger partial charge in [0, 0.05) is 17.3 Å². The van der Waals surface area contributed by atoms with Crippen molar-refractivity contribution < 1.29 is 10.0 Å². The zero-order valence-corrected chi connectivity index (χ0v) is 10.6. The van der Waals surface area contributed by atoms with Crippen molar-refractivity contribution in [1.29, 1.82) is 0 Å². The number of amides is 1. The zero-order chi connectivity index (χ0) is 13.4. The summed E-state index contributed by atoms with van der Waals surface area (Å²) in [4.78, 5) is 15.7. The van der Waals surface area contributed by atoms with E-state index in [9.17, 15) is 10.0 Å². The van der Waals surface area contributed by atoms with Gasteiger partial charge in [-0.15, -0.1) is 0 Å². The molecule has 0 bridgehead atoms. The zero-order valence-electron chi connectivity index (χ0n) is 10.6. The van der Waals surface area contributed by atoms with Crippen LogP contribution in [0.5, 0.6) is 0 Å². The van der Waals surface area contributed by atoms with Crippen molar-refractivity contribution in [2.75, 3.05) is 0 Å². The molecule has 0 radical (unpaired) electrons. The molecule has 0 saturated carbocycles. The summed E-state index contributed by atoms with van der Waals surface area (Å²) in [7, 11) is 0. The second kappa shape index (κ2) is 4.48. The Hall–Kier alpha value is -2.20. The first kappa shape index (κ1) is 11.9. The molecule has 1 aromatic carbocycles. The van der Waals surface area contributed by atoms with Crippen molar-refractivity contribution in [2.45, 2.75) is 19.9 Å². The molecule has 0 atom stereocenters. The summed E-state index contributed by atoms with van der Waals surface area (Å²) in [6.07, 6.45) is 2.67. The summed E-state index contributed by atoms with van der Waals surface area (Å²) in [6.45, 7) is 2.32. The molecular weight excluding hydrogens is 240 g/mol. The molecule has 2 aromatic rings. The van der Waals surface area contributed by atoms with Gasteiger partial charge in [0.1, 0.15) is 5.69 Å². The minimum atomic E-state index is -0.427. The van der Waals surface area contributed by atoms with Gasteiger partial charge in [0.25, 0.3) is 5.91 Å². The molecule has 4 heteroatoms. The Morgan fingerprint density at radius 1 is 1.32 bits per heavy atom. The Balaban J connectivity index is 2.03. The predicted octanol–water partition coefficient (Wildman–Crippen LogP) is 2.66. The number of aromatic nitrogens is 1. The average Bonchev–Trinajstić information content (AvgIpc) is 2.73. The van der Waals surface area contributed by atoms with E-state index in [1.54, 1.807) is 6.20 Å². The number of benzene rings is 1. The maximum Gasteiger partial charge on any atom is 0.296 e. The Morgan fingerprint density at radius 3 is 2.95 bits per heavy atom. The smallest absolute Gasteiger partial charge is 0.285 e. The van der Waals surface area contributed by atoms with Crippen LogP contribution in [0.15, 0.2) is 36.5 Å². The van der Waals surface area contributed by atoms with E-state index < -0.39 is 5.91 Å². The van der Waals surface area contributed by atoms with Gasteiger partial charge in [0.05, 0.1) is 6.54 Å². The third-order valence-corrected chi connectivity index (χ3v) is 3.39. The van der Waals surface area contributed by atoms with Crippen molar-refractivity contribution in [2.24, 2.45) is 0 Å². The fraction of sp³-hybridized carbons (Fsp3) is 0.200. The van der Waals surface area contributed by atoms with Crippen LogP contribution in [0.4, 0.5) is 0 Å². The molecule has 0 spiro atoms. The monoisotopic (exact) mass is 254 g/mol. The molecule has 19 heavy (non-hydrogen) atoms. The van der Waals surface area contributed by atoms with Crippen LogP contribution in [0, 0.1) is 0 Å².